The molecular formula is C20H45N3O. The van der Waals surface area contributed by atoms with Gasteiger partial charge in [0.05, 0.1) is 0 Å². The Morgan fingerprint density at radius 1 is 0.458 bits per heavy atom. The van der Waals surface area contributed by atoms with Crippen molar-refractivity contribution in [2.24, 2.45) is 0 Å². The van der Waals surface area contributed by atoms with E-state index in [0.29, 0.717) is 0 Å². The lowest BCUT2D eigenvalue weighted by atomic mass is 10.1. The van der Waals surface area contributed by atoms with Gasteiger partial charge >= 0.3 is 0 Å². The van der Waals surface area contributed by atoms with Crippen LogP contribution in [0.1, 0.15) is 104 Å². The van der Waals surface area contributed by atoms with Gasteiger partial charge in [-0.05, 0) is 25.9 Å². The van der Waals surface area contributed by atoms with E-state index in [-0.39, 0.29) is 0 Å². The van der Waals surface area contributed by atoms with Crippen LogP contribution in [0.2, 0.25) is 0 Å². The standard InChI is InChI=1S/C20H44N2.HNO/c1-3-5-7-9-11-12-14-16-18-22-20-19-21-17-15-13-10-8-6-4-2;1-2/h21-22H,3-20H2,1-2H3;1H. The summed E-state index contributed by atoms with van der Waals surface area (Å²) >= 11 is 0. The molecule has 0 saturated heterocycles. The van der Waals surface area contributed by atoms with Gasteiger partial charge in [-0.3, -0.25) is 0 Å². The Balaban J connectivity index is 0. The molecule has 0 fully saturated rings. The van der Waals surface area contributed by atoms with E-state index in [2.05, 4.69) is 30.1 Å². The molecule has 24 heavy (non-hydrogen) atoms. The summed E-state index contributed by atoms with van der Waals surface area (Å²) in [7, 11) is 0. The van der Waals surface area contributed by atoms with Gasteiger partial charge in [0.25, 0.3) is 0 Å². The zero-order valence-electron chi connectivity index (χ0n) is 16.6. The van der Waals surface area contributed by atoms with Crippen molar-refractivity contribution in [3.8, 4) is 0 Å². The van der Waals surface area contributed by atoms with Gasteiger partial charge in [0.1, 0.15) is 0 Å². The number of hydrogen-bond donors (Lipinski definition) is 3. The minimum Gasteiger partial charge on any atom is -0.315 e. The second-order valence-corrected chi connectivity index (χ2v) is 6.74. The van der Waals surface area contributed by atoms with Crippen molar-refractivity contribution in [3.63, 3.8) is 0 Å². The van der Waals surface area contributed by atoms with Crippen LogP contribution in [0.3, 0.4) is 0 Å². The molecule has 0 aromatic rings. The van der Waals surface area contributed by atoms with E-state index in [1.807, 2.05) is 0 Å². The molecule has 146 valence electrons. The van der Waals surface area contributed by atoms with Gasteiger partial charge in [0, 0.05) is 13.1 Å². The van der Waals surface area contributed by atoms with Crippen LogP contribution in [0.15, 0.2) is 0 Å². The molecule has 0 saturated carbocycles. The zero-order chi connectivity index (χ0) is 18.1. The van der Waals surface area contributed by atoms with Crippen molar-refractivity contribution in [3.05, 3.63) is 4.91 Å². The quantitative estimate of drug-likeness (QED) is 0.199. The molecule has 0 rings (SSSR count). The second-order valence-electron chi connectivity index (χ2n) is 6.74. The van der Waals surface area contributed by atoms with E-state index in [4.69, 9.17) is 4.91 Å². The van der Waals surface area contributed by atoms with Crippen LogP contribution in [-0.4, -0.2) is 26.2 Å². The van der Waals surface area contributed by atoms with Crippen molar-refractivity contribution >= 4 is 0 Å². The highest BCUT2D eigenvalue weighted by molar-refractivity contribution is 4.54. The minimum atomic E-state index is 1.13. The fourth-order valence-electron chi connectivity index (χ4n) is 2.84. The third kappa shape index (κ3) is 26.4. The molecule has 0 radical (unpaired) electrons. The van der Waals surface area contributed by atoms with Crippen LogP contribution in [0.25, 0.3) is 0 Å². The molecule has 0 aliphatic heterocycles. The second kappa shape index (κ2) is 27.4. The van der Waals surface area contributed by atoms with Gasteiger partial charge in [0.2, 0.25) is 0 Å². The molecule has 4 heteroatoms. The van der Waals surface area contributed by atoms with E-state index in [0.717, 1.165) is 13.1 Å². The molecule has 0 atom stereocenters. The summed E-state index contributed by atoms with van der Waals surface area (Å²) in [6, 6.07) is 0. The van der Waals surface area contributed by atoms with Gasteiger partial charge in [-0.2, -0.15) is 4.91 Å². The van der Waals surface area contributed by atoms with Crippen LogP contribution >= 0.6 is 0 Å². The Labute approximate surface area is 151 Å². The van der Waals surface area contributed by atoms with Crippen LogP contribution in [0.5, 0.6) is 0 Å². The van der Waals surface area contributed by atoms with Crippen LogP contribution < -0.4 is 10.6 Å². The lowest BCUT2D eigenvalue weighted by Crippen LogP contribution is -2.28. The van der Waals surface area contributed by atoms with Gasteiger partial charge in [-0.1, -0.05) is 96.5 Å². The molecular weight excluding hydrogens is 298 g/mol. The molecule has 0 aromatic carbocycles. The maximum Gasteiger partial charge on any atom is 0.00767 e. The van der Waals surface area contributed by atoms with Crippen molar-refractivity contribution < 1.29 is 0 Å². The average Bonchev–Trinajstić information content (AvgIpc) is 2.62. The fourth-order valence-corrected chi connectivity index (χ4v) is 2.84. The SMILES string of the molecule is CCCCCCCCCCNCCNCCCCCCCC.N=O. The van der Waals surface area contributed by atoms with E-state index >= 15 is 0 Å². The molecule has 0 amide bonds. The summed E-state index contributed by atoms with van der Waals surface area (Å²) in [6.45, 7) is 9.23. The van der Waals surface area contributed by atoms with Crippen LogP contribution in [0.4, 0.5) is 0 Å². The summed E-state index contributed by atoms with van der Waals surface area (Å²) in [4.78, 5) is 7.50. The molecule has 0 heterocycles. The smallest absolute Gasteiger partial charge is 0.00767 e. The summed E-state index contributed by atoms with van der Waals surface area (Å²) in [6.07, 6.45) is 19.7. The van der Waals surface area contributed by atoms with Gasteiger partial charge in [-0.15, -0.1) is 0 Å². The molecule has 0 bridgehead atoms. The monoisotopic (exact) mass is 343 g/mol. The van der Waals surface area contributed by atoms with Crippen molar-refractivity contribution in [2.45, 2.75) is 104 Å². The summed E-state index contributed by atoms with van der Waals surface area (Å²) < 4.78 is 0. The topological polar surface area (TPSA) is 65.0 Å². The number of rotatable bonds is 19. The molecule has 0 aromatic heterocycles. The lowest BCUT2D eigenvalue weighted by molar-refractivity contribution is 0.536. The van der Waals surface area contributed by atoms with E-state index < -0.39 is 0 Å². The first-order chi connectivity index (χ1) is 11.9. The Morgan fingerprint density at radius 2 is 0.750 bits per heavy atom. The summed E-state index contributed by atoms with van der Waals surface area (Å²) in [5.74, 6) is 0. The summed E-state index contributed by atoms with van der Waals surface area (Å²) in [5, 5.41) is 7.10. The predicted octanol–water partition coefficient (Wildman–Crippen LogP) is 6.00. The molecule has 4 nitrogen and oxygen atoms in total. The first-order valence-electron chi connectivity index (χ1n) is 10.5. The lowest BCUT2D eigenvalue weighted by Gasteiger charge is -2.07. The minimum absolute atomic E-state index is 1.13. The first kappa shape index (κ1) is 25.8. The third-order valence-corrected chi connectivity index (χ3v) is 4.39. The van der Waals surface area contributed by atoms with Gasteiger partial charge in [0.15, 0.2) is 0 Å². The Kier molecular flexibility index (Phi) is 29.4. The van der Waals surface area contributed by atoms with Gasteiger partial charge in [-0.25, -0.2) is 0 Å². The zero-order valence-corrected chi connectivity index (χ0v) is 16.6. The highest BCUT2D eigenvalue weighted by Gasteiger charge is 1.93. The molecule has 0 aliphatic carbocycles. The maximum absolute atomic E-state index is 7.50. The summed E-state index contributed by atoms with van der Waals surface area (Å²) in [5.41, 5.74) is 4.50. The first-order valence-corrected chi connectivity index (χ1v) is 10.5. The van der Waals surface area contributed by atoms with Crippen LogP contribution in [0, 0.1) is 10.5 Å². The maximum atomic E-state index is 7.50. The molecule has 0 unspecified atom stereocenters. The van der Waals surface area contributed by atoms with E-state index in [1.54, 1.807) is 0 Å². The normalized spacial score (nSPS) is 10.4. The largest absolute Gasteiger partial charge is 0.315 e. The predicted molar refractivity (Wildman–Crippen MR) is 108 cm³/mol. The molecule has 0 aliphatic rings. The van der Waals surface area contributed by atoms with Crippen molar-refractivity contribution in [2.75, 3.05) is 26.2 Å². The number of unbranched alkanes of at least 4 members (excludes halogenated alkanes) is 12. The van der Waals surface area contributed by atoms with E-state index in [9.17, 15) is 0 Å². The Hall–Kier alpha value is -0.480. The van der Waals surface area contributed by atoms with Crippen molar-refractivity contribution in [1.82, 2.24) is 10.6 Å². The molecule has 0 spiro atoms. The van der Waals surface area contributed by atoms with Crippen molar-refractivity contribution in [1.29, 1.82) is 5.59 Å². The number of nitroso groups, excluding NO2 is 1. The van der Waals surface area contributed by atoms with E-state index in [1.165, 1.54) is 103 Å². The van der Waals surface area contributed by atoms with Gasteiger partial charge < -0.3 is 10.6 Å². The Morgan fingerprint density at radius 3 is 1.08 bits per heavy atom. The fraction of sp³-hybridized carbons (Fsp3) is 1.00. The highest BCUT2D eigenvalue weighted by Crippen LogP contribution is 2.07. The molecule has 3 N–H and O–H groups in total. The highest BCUT2D eigenvalue weighted by atomic mass is 16.2. The number of hydrogen-bond acceptors (Lipinski definition) is 4. The average molecular weight is 344 g/mol. The third-order valence-electron chi connectivity index (χ3n) is 4.39. The van der Waals surface area contributed by atoms with Crippen LogP contribution in [-0.2, 0) is 0 Å². The number of nitrogens with one attached hydrogen (secondary N) is 3. The Bertz CT molecular complexity index is 183.